The largest absolute Gasteiger partial charge is 0.510 e. The molecule has 1 heterocycles. The monoisotopic (exact) mass is 718 g/mol. The zero-order chi connectivity index (χ0) is 33.5. The van der Waals surface area contributed by atoms with E-state index in [1.165, 1.54) is 12.3 Å². The van der Waals surface area contributed by atoms with Gasteiger partial charge in [-0.25, -0.2) is 0 Å². The van der Waals surface area contributed by atoms with Gasteiger partial charge in [-0.3, -0.25) is 24.0 Å². The van der Waals surface area contributed by atoms with Crippen LogP contribution in [0, 0.1) is 10.4 Å². The van der Waals surface area contributed by atoms with Gasteiger partial charge in [0.2, 0.25) is 16.3 Å². The van der Waals surface area contributed by atoms with Crippen LogP contribution in [0.4, 0.5) is 0 Å². The van der Waals surface area contributed by atoms with E-state index in [1.807, 2.05) is 0 Å². The van der Waals surface area contributed by atoms with Gasteiger partial charge in [0, 0.05) is 26.5 Å². The number of phenols is 1. The highest BCUT2D eigenvalue weighted by Crippen LogP contribution is 2.56. The molecule has 0 amide bonds. The van der Waals surface area contributed by atoms with Crippen molar-refractivity contribution in [1.82, 2.24) is 4.98 Å². The molecule has 47 heavy (non-hydrogen) atoms. The molecule has 12 nitrogen and oxygen atoms in total. The second-order valence-electron chi connectivity index (χ2n) is 11.2. The van der Waals surface area contributed by atoms with E-state index >= 15 is 0 Å². The number of ether oxygens (including phenoxy) is 1. The van der Waals surface area contributed by atoms with E-state index in [1.54, 1.807) is 24.3 Å². The molecule has 7 rings (SSSR count). The molecule has 0 aliphatic heterocycles. The van der Waals surface area contributed by atoms with Crippen LogP contribution in [0.1, 0.15) is 28.8 Å². The standard InChI is InChI=1S/C33H20BrClN2O10/c1-46-18-9-17(38)20-21(26(18)39)28(41)23-22(27(20)40)30(43)33(31(23)44)6-5-15-24(33)29(42)19-16(25(15)34)8-14(37-32(19)45)10-36-47-11-12-3-2-4-13(35)7-12/h2-4,7-10,42-44H,5-6,11H2,1H3,(H,37,45)/t33-/m0/s1. The molecule has 1 aromatic heterocycles. The molecule has 4 N–H and O–H groups in total. The van der Waals surface area contributed by atoms with E-state index in [-0.39, 0.29) is 41.5 Å². The fourth-order valence-electron chi connectivity index (χ4n) is 6.71. The van der Waals surface area contributed by atoms with Crippen molar-refractivity contribution in [1.29, 1.82) is 0 Å². The number of aromatic nitrogens is 1. The number of hydrogen-bond donors (Lipinski definition) is 4. The fourth-order valence-corrected chi connectivity index (χ4v) is 7.64. The third-order valence-electron chi connectivity index (χ3n) is 8.76. The number of halogens is 2. The molecule has 4 aliphatic rings. The maximum absolute atomic E-state index is 13.7. The van der Waals surface area contributed by atoms with E-state index in [4.69, 9.17) is 21.2 Å². The number of aliphatic hydroxyl groups is 2. The van der Waals surface area contributed by atoms with E-state index in [0.29, 0.717) is 15.1 Å². The number of H-pyrrole nitrogens is 1. The summed E-state index contributed by atoms with van der Waals surface area (Å²) in [6.45, 7) is 0.114. The Morgan fingerprint density at radius 1 is 0.979 bits per heavy atom. The summed E-state index contributed by atoms with van der Waals surface area (Å²) >= 11 is 9.49. The number of nitrogens with zero attached hydrogens (tertiary/aromatic N) is 1. The summed E-state index contributed by atoms with van der Waals surface area (Å²) < 4.78 is 5.25. The summed E-state index contributed by atoms with van der Waals surface area (Å²) in [6.07, 6.45) is 1.25. The number of fused-ring (bicyclic) bond motifs is 4. The van der Waals surface area contributed by atoms with Gasteiger partial charge < -0.3 is 29.9 Å². The molecular weight excluding hydrogens is 700 g/mol. The van der Waals surface area contributed by atoms with Gasteiger partial charge in [-0.2, -0.15) is 0 Å². The Bertz CT molecular complexity index is 2750. The maximum Gasteiger partial charge on any atom is 0.260 e. The number of phenolic OH excluding ortho intramolecular Hbond substituents is 1. The highest BCUT2D eigenvalue weighted by molar-refractivity contribution is 9.10. The quantitative estimate of drug-likeness (QED) is 0.153. The van der Waals surface area contributed by atoms with Crippen molar-refractivity contribution in [3.05, 3.63) is 140 Å². The van der Waals surface area contributed by atoms with Crippen molar-refractivity contribution in [3.63, 3.8) is 0 Å². The van der Waals surface area contributed by atoms with Crippen molar-refractivity contribution in [3.8, 4) is 11.5 Å². The van der Waals surface area contributed by atoms with Crippen LogP contribution in [0.5, 0.6) is 11.5 Å². The molecule has 1 atom stereocenters. The lowest BCUT2D eigenvalue weighted by Crippen LogP contribution is -2.51. The highest BCUT2D eigenvalue weighted by atomic mass is 79.9. The van der Waals surface area contributed by atoms with E-state index in [9.17, 15) is 39.3 Å². The van der Waals surface area contributed by atoms with Crippen LogP contribution in [0.15, 0.2) is 70.0 Å². The summed E-state index contributed by atoms with van der Waals surface area (Å²) in [4.78, 5) is 74.4. The average Bonchev–Trinajstić information content (AvgIpc) is 3.55. The molecule has 1 spiro atoms. The topological polar surface area (TPSA) is 193 Å². The van der Waals surface area contributed by atoms with Crippen LogP contribution in [-0.2, 0) is 23.3 Å². The Hall–Kier alpha value is -5.27. The first-order chi connectivity index (χ1) is 22.4. The predicted octanol–water partition coefficient (Wildman–Crippen LogP) is 1.48. The zero-order valence-electron chi connectivity index (χ0n) is 24.1. The van der Waals surface area contributed by atoms with Gasteiger partial charge in [-0.1, -0.05) is 28.9 Å². The molecule has 0 saturated heterocycles. The zero-order valence-corrected chi connectivity index (χ0v) is 26.4. The Morgan fingerprint density at radius 3 is 2.36 bits per heavy atom. The Balaban J connectivity index is 1.42. The van der Waals surface area contributed by atoms with Crippen LogP contribution in [0.2, 0.25) is 5.02 Å². The first-order valence-electron chi connectivity index (χ1n) is 14.0. The smallest absolute Gasteiger partial charge is 0.260 e. The number of nitrogens with one attached hydrogen (secondary N) is 1. The minimum atomic E-state index is -2.02. The van der Waals surface area contributed by atoms with E-state index in [2.05, 4.69) is 26.1 Å². The minimum Gasteiger partial charge on any atom is -0.510 e. The normalized spacial score (nSPS) is 16.9. The van der Waals surface area contributed by atoms with Crippen molar-refractivity contribution < 1.29 is 24.9 Å². The van der Waals surface area contributed by atoms with Crippen LogP contribution in [-0.4, -0.2) is 33.6 Å². The van der Waals surface area contributed by atoms with Crippen molar-refractivity contribution >= 4 is 56.0 Å². The molecule has 0 bridgehead atoms. The lowest BCUT2D eigenvalue weighted by atomic mass is 9.78. The van der Waals surface area contributed by atoms with E-state index < -0.39 is 76.6 Å². The minimum absolute atomic E-state index is 0.107. The summed E-state index contributed by atoms with van der Waals surface area (Å²) in [5, 5.41) is 36.6. The van der Waals surface area contributed by atoms with Gasteiger partial charge in [0.25, 0.3) is 5.56 Å². The molecule has 4 aliphatic carbocycles. The second-order valence-corrected chi connectivity index (χ2v) is 12.4. The number of pyridine rings is 1. The summed E-state index contributed by atoms with van der Waals surface area (Å²) in [7, 11) is 1.12. The van der Waals surface area contributed by atoms with Crippen LogP contribution in [0.25, 0.3) is 22.3 Å². The van der Waals surface area contributed by atoms with Gasteiger partial charge in [0.05, 0.1) is 45.3 Å². The number of hydrogen-bond acceptors (Lipinski definition) is 11. The first-order valence-corrected chi connectivity index (χ1v) is 15.2. The molecule has 3 aromatic rings. The highest BCUT2D eigenvalue weighted by Gasteiger charge is 2.53. The van der Waals surface area contributed by atoms with Gasteiger partial charge in [-0.05, 0) is 58.1 Å². The average molecular weight is 720 g/mol. The van der Waals surface area contributed by atoms with Crippen molar-refractivity contribution in [2.45, 2.75) is 24.9 Å². The lowest BCUT2D eigenvalue weighted by Gasteiger charge is -2.27. The van der Waals surface area contributed by atoms with Crippen LogP contribution < -0.4 is 42.4 Å². The Labute approximate surface area is 274 Å². The molecule has 0 saturated carbocycles. The molecule has 0 fully saturated rings. The molecule has 0 radical (unpaired) electrons. The van der Waals surface area contributed by atoms with Gasteiger partial charge in [-0.15, -0.1) is 0 Å². The fraction of sp³-hybridized carbons (Fsp3) is 0.152. The molecule has 2 aromatic carbocycles. The third kappa shape index (κ3) is 4.12. The number of aliphatic hydroxyl groups excluding tert-OH is 2. The first kappa shape index (κ1) is 30.4. The SMILES string of the molecule is COc1cc(=O)c2c(=O)c3c(c(=O)c=2c1=O)=C(O)[C@]1(CCc2c1c(O)c1c(=O)[nH]c(C=NOCc4cccc(Cl)c4)cc1c2Br)C=3O. The summed E-state index contributed by atoms with van der Waals surface area (Å²) in [5.74, 6) is -2.64. The molecule has 14 heteroatoms. The number of benzene rings is 2. The molecule has 0 unspecified atom stereocenters. The number of aromatic hydroxyl groups is 1. The van der Waals surface area contributed by atoms with Crippen LogP contribution in [0.3, 0.4) is 0 Å². The van der Waals surface area contributed by atoms with Gasteiger partial charge >= 0.3 is 0 Å². The Kier molecular flexibility index (Phi) is 6.88. The Morgan fingerprint density at radius 2 is 1.68 bits per heavy atom. The van der Waals surface area contributed by atoms with Crippen molar-refractivity contribution in [2.75, 3.05) is 7.11 Å². The molecule has 236 valence electrons. The van der Waals surface area contributed by atoms with Crippen molar-refractivity contribution in [2.24, 2.45) is 5.16 Å². The summed E-state index contributed by atoms with van der Waals surface area (Å²) in [6, 6.07) is 9.31. The van der Waals surface area contributed by atoms with Gasteiger partial charge in [0.1, 0.15) is 29.3 Å². The van der Waals surface area contributed by atoms with Gasteiger partial charge in [0.15, 0.2) is 11.2 Å². The number of oxime groups is 1. The number of rotatable bonds is 5. The third-order valence-corrected chi connectivity index (χ3v) is 9.90. The second kappa shape index (κ2) is 10.6. The summed E-state index contributed by atoms with van der Waals surface area (Å²) in [5.41, 5.74) is -5.78. The predicted molar refractivity (Wildman–Crippen MR) is 175 cm³/mol. The van der Waals surface area contributed by atoms with E-state index in [0.717, 1.165) is 18.7 Å². The van der Waals surface area contributed by atoms with Crippen LogP contribution >= 0.6 is 27.5 Å². The number of aromatic amines is 1. The number of methoxy groups -OCH3 is 1. The molecular formula is C33H20BrClN2O10. The maximum atomic E-state index is 13.7. The lowest BCUT2D eigenvalue weighted by molar-refractivity contribution is 0.132.